The first-order valence-corrected chi connectivity index (χ1v) is 9.65. The fourth-order valence-electron chi connectivity index (χ4n) is 4.01. The van der Waals surface area contributed by atoms with Crippen LogP contribution in [0.15, 0.2) is 52.0 Å². The van der Waals surface area contributed by atoms with E-state index < -0.39 is 5.91 Å². The van der Waals surface area contributed by atoms with Crippen molar-refractivity contribution < 1.29 is 13.6 Å². The van der Waals surface area contributed by atoms with Crippen LogP contribution in [0.2, 0.25) is 0 Å². The molecule has 1 unspecified atom stereocenters. The van der Waals surface area contributed by atoms with Crippen LogP contribution in [0.5, 0.6) is 0 Å². The highest BCUT2D eigenvalue weighted by Crippen LogP contribution is 2.43. The van der Waals surface area contributed by atoms with Crippen molar-refractivity contribution in [1.29, 1.82) is 0 Å². The van der Waals surface area contributed by atoms with E-state index in [1.807, 2.05) is 31.3 Å². The minimum atomic E-state index is -0.481. The zero-order valence-corrected chi connectivity index (χ0v) is 17.0. The van der Waals surface area contributed by atoms with E-state index in [0.29, 0.717) is 17.1 Å². The Morgan fingerprint density at radius 3 is 2.83 bits per heavy atom. The van der Waals surface area contributed by atoms with E-state index in [1.165, 1.54) is 6.21 Å². The number of furan rings is 1. The highest BCUT2D eigenvalue weighted by molar-refractivity contribution is 5.96. The lowest BCUT2D eigenvalue weighted by Gasteiger charge is -2.45. The van der Waals surface area contributed by atoms with Gasteiger partial charge in [-0.1, -0.05) is 25.1 Å². The van der Waals surface area contributed by atoms with Crippen molar-refractivity contribution in [2.75, 3.05) is 11.9 Å². The Balaban J connectivity index is 1.54. The molecule has 1 aromatic heterocycles. The van der Waals surface area contributed by atoms with Crippen LogP contribution in [0.25, 0.3) is 11.0 Å². The molecule has 2 heterocycles. The molecule has 1 amide bonds. The van der Waals surface area contributed by atoms with Gasteiger partial charge in [0.1, 0.15) is 11.4 Å². The fraction of sp³-hybridized carbons (Fsp3) is 0.304. The van der Waals surface area contributed by atoms with Gasteiger partial charge in [-0.15, -0.1) is 0 Å². The quantitative estimate of drug-likeness (QED) is 0.500. The maximum Gasteiger partial charge on any atom is 0.307 e. The first kappa shape index (κ1) is 19.2. The summed E-state index contributed by atoms with van der Waals surface area (Å²) in [6.45, 7) is 6.47. The number of hydrogen-bond acceptors (Lipinski definition) is 4. The number of carbonyl (C=O) groups excluding carboxylic acids is 1. The molecule has 0 bridgehead atoms. The summed E-state index contributed by atoms with van der Waals surface area (Å²) in [6.07, 6.45) is 2.31. The minimum absolute atomic E-state index is 0.0327. The van der Waals surface area contributed by atoms with E-state index in [1.54, 1.807) is 18.2 Å². The molecule has 2 aromatic carbocycles. The van der Waals surface area contributed by atoms with E-state index in [9.17, 15) is 9.18 Å². The van der Waals surface area contributed by atoms with Crippen LogP contribution < -0.4 is 10.3 Å². The summed E-state index contributed by atoms with van der Waals surface area (Å²) in [5, 5.41) is 4.77. The topological polar surface area (TPSA) is 57.8 Å². The Morgan fingerprint density at radius 1 is 1.31 bits per heavy atom. The summed E-state index contributed by atoms with van der Waals surface area (Å²) in [5.41, 5.74) is 5.32. The highest BCUT2D eigenvalue weighted by atomic mass is 19.1. The number of benzene rings is 2. The Hall–Kier alpha value is -3.15. The lowest BCUT2D eigenvalue weighted by Crippen LogP contribution is -2.45. The average Bonchev–Trinajstić information content (AvgIpc) is 3.11. The summed E-state index contributed by atoms with van der Waals surface area (Å²) in [7, 11) is 1.99. The van der Waals surface area contributed by atoms with Crippen molar-refractivity contribution in [3.8, 4) is 0 Å². The standard InChI is InChI=1S/C23H24FN3O2/c1-14-12-23(2,3)27(4)19-11-18(24)16(9-17(14)19)13-25-26-22(28)21-10-15-7-5-6-8-20(15)29-21/h5-11,13-14H,12H2,1-4H3,(H,26,28)/b25-13+. The second-order valence-electron chi connectivity index (χ2n) is 8.26. The summed E-state index contributed by atoms with van der Waals surface area (Å²) >= 11 is 0. The molecule has 6 heteroatoms. The number of para-hydroxylation sites is 1. The second kappa shape index (κ2) is 7.03. The lowest BCUT2D eigenvalue weighted by atomic mass is 9.80. The first-order valence-electron chi connectivity index (χ1n) is 9.65. The van der Waals surface area contributed by atoms with Gasteiger partial charge in [-0.05, 0) is 56.0 Å². The van der Waals surface area contributed by atoms with Gasteiger partial charge in [0.25, 0.3) is 0 Å². The number of nitrogens with one attached hydrogen (secondary N) is 1. The van der Waals surface area contributed by atoms with Gasteiger partial charge >= 0.3 is 5.91 Å². The van der Waals surface area contributed by atoms with Gasteiger partial charge in [0.15, 0.2) is 5.76 Å². The molecular formula is C23H24FN3O2. The van der Waals surface area contributed by atoms with E-state index in [4.69, 9.17) is 4.42 Å². The van der Waals surface area contributed by atoms with Crippen LogP contribution in [0.3, 0.4) is 0 Å². The van der Waals surface area contributed by atoms with E-state index in [2.05, 4.69) is 36.2 Å². The molecule has 0 radical (unpaired) electrons. The number of anilines is 1. The average molecular weight is 393 g/mol. The molecule has 0 saturated carbocycles. The molecule has 0 aliphatic carbocycles. The van der Waals surface area contributed by atoms with Crippen LogP contribution in [0, 0.1) is 5.82 Å². The Labute approximate surface area is 169 Å². The fourth-order valence-corrected chi connectivity index (χ4v) is 4.01. The number of fused-ring (bicyclic) bond motifs is 2. The first-order chi connectivity index (χ1) is 13.8. The molecule has 0 saturated heterocycles. The molecule has 5 nitrogen and oxygen atoms in total. The molecule has 0 fully saturated rings. The predicted octanol–water partition coefficient (Wildman–Crippen LogP) is 5.06. The monoisotopic (exact) mass is 393 g/mol. The third-order valence-corrected chi connectivity index (χ3v) is 5.77. The molecule has 150 valence electrons. The SMILES string of the molecule is CC1CC(C)(C)N(C)c2cc(F)c(/C=N/NC(=O)c3cc4ccccc4o3)cc21. The summed E-state index contributed by atoms with van der Waals surface area (Å²) in [4.78, 5) is 14.4. The summed E-state index contributed by atoms with van der Waals surface area (Å²) < 4.78 is 20.2. The van der Waals surface area contributed by atoms with Crippen molar-refractivity contribution in [1.82, 2.24) is 5.43 Å². The number of halogens is 1. The van der Waals surface area contributed by atoms with Gasteiger partial charge in [-0.25, -0.2) is 9.82 Å². The third kappa shape index (κ3) is 3.50. The largest absolute Gasteiger partial charge is 0.451 e. The maximum absolute atomic E-state index is 14.7. The summed E-state index contributed by atoms with van der Waals surface area (Å²) in [5.74, 6) is -0.395. The smallest absolute Gasteiger partial charge is 0.307 e. The molecule has 1 N–H and O–H groups in total. The van der Waals surface area contributed by atoms with Crippen LogP contribution in [-0.4, -0.2) is 24.7 Å². The van der Waals surface area contributed by atoms with Crippen molar-refractivity contribution in [2.45, 2.75) is 38.6 Å². The predicted molar refractivity (Wildman–Crippen MR) is 113 cm³/mol. The number of amides is 1. The number of hydrazone groups is 1. The van der Waals surface area contributed by atoms with Crippen LogP contribution >= 0.6 is 0 Å². The van der Waals surface area contributed by atoms with Crippen LogP contribution in [-0.2, 0) is 0 Å². The van der Waals surface area contributed by atoms with Crippen LogP contribution in [0.4, 0.5) is 10.1 Å². The van der Waals surface area contributed by atoms with Crippen molar-refractivity contribution in [2.24, 2.45) is 5.10 Å². The minimum Gasteiger partial charge on any atom is -0.451 e. The molecule has 1 atom stereocenters. The van der Waals surface area contributed by atoms with Gasteiger partial charge in [0, 0.05) is 29.2 Å². The van der Waals surface area contributed by atoms with Gasteiger partial charge in [0.05, 0.1) is 6.21 Å². The maximum atomic E-state index is 14.7. The lowest BCUT2D eigenvalue weighted by molar-refractivity contribution is 0.0929. The van der Waals surface area contributed by atoms with Crippen molar-refractivity contribution >= 4 is 28.8 Å². The zero-order chi connectivity index (χ0) is 20.8. The Kier molecular flexibility index (Phi) is 4.65. The van der Waals surface area contributed by atoms with Gasteiger partial charge < -0.3 is 9.32 Å². The molecular weight excluding hydrogens is 369 g/mol. The Bertz CT molecular complexity index is 1080. The summed E-state index contributed by atoms with van der Waals surface area (Å²) in [6, 6.07) is 12.4. The number of hydrogen-bond donors (Lipinski definition) is 1. The number of nitrogens with zero attached hydrogens (tertiary/aromatic N) is 2. The van der Waals surface area contributed by atoms with Crippen molar-refractivity contribution in [3.63, 3.8) is 0 Å². The molecule has 1 aliphatic rings. The van der Waals surface area contributed by atoms with E-state index >= 15 is 0 Å². The van der Waals surface area contributed by atoms with Crippen LogP contribution in [0.1, 0.15) is 54.8 Å². The zero-order valence-electron chi connectivity index (χ0n) is 17.0. The Morgan fingerprint density at radius 2 is 2.07 bits per heavy atom. The van der Waals surface area contributed by atoms with E-state index in [0.717, 1.165) is 23.1 Å². The van der Waals surface area contributed by atoms with Crippen molar-refractivity contribution in [3.05, 3.63) is 65.2 Å². The van der Waals surface area contributed by atoms with Gasteiger partial charge in [-0.3, -0.25) is 4.79 Å². The molecule has 1 aliphatic heterocycles. The normalized spacial score (nSPS) is 18.2. The third-order valence-electron chi connectivity index (χ3n) is 5.77. The number of rotatable bonds is 3. The molecule has 29 heavy (non-hydrogen) atoms. The molecule has 4 rings (SSSR count). The molecule has 3 aromatic rings. The number of carbonyl (C=O) groups is 1. The highest BCUT2D eigenvalue weighted by Gasteiger charge is 2.34. The molecule has 0 spiro atoms. The van der Waals surface area contributed by atoms with Gasteiger partial charge in [-0.2, -0.15) is 5.10 Å². The second-order valence-corrected chi connectivity index (χ2v) is 8.26. The van der Waals surface area contributed by atoms with Gasteiger partial charge in [0.2, 0.25) is 0 Å². The van der Waals surface area contributed by atoms with E-state index in [-0.39, 0.29) is 17.1 Å².